The first-order chi connectivity index (χ1) is 16.5. The molecule has 1 aliphatic rings. The fourth-order valence-electron chi connectivity index (χ4n) is 3.42. The van der Waals surface area contributed by atoms with Gasteiger partial charge >= 0.3 is 6.01 Å². The molecule has 2 amide bonds. The van der Waals surface area contributed by atoms with Crippen LogP contribution < -0.4 is 15.4 Å². The summed E-state index contributed by atoms with van der Waals surface area (Å²) in [5, 5.41) is 6.84. The van der Waals surface area contributed by atoms with Crippen LogP contribution in [0.5, 0.6) is 6.01 Å². The van der Waals surface area contributed by atoms with Gasteiger partial charge in [-0.1, -0.05) is 30.3 Å². The molecule has 8 heteroatoms. The highest BCUT2D eigenvalue weighted by molar-refractivity contribution is 6.05. The minimum atomic E-state index is -0.370. The molecule has 0 unspecified atom stereocenters. The highest BCUT2D eigenvalue weighted by atomic mass is 16.5. The van der Waals surface area contributed by atoms with Gasteiger partial charge < -0.3 is 15.4 Å². The summed E-state index contributed by atoms with van der Waals surface area (Å²) >= 11 is 0. The third-order valence-corrected chi connectivity index (χ3v) is 5.56. The van der Waals surface area contributed by atoms with E-state index in [1.807, 2.05) is 49.4 Å². The standard InChI is InChI=1S/C26H23N5O3/c1-16-6-7-18(24(32)30-20-10-11-20)12-23(16)31-25(33)19-13-27-26(28-14-19)34-15-21-9-8-17-4-2-3-5-22(17)29-21/h2-9,12-14,20H,10-11,15H2,1H3,(H,30,32)(H,31,33). The fraction of sp³-hybridized carbons (Fsp3) is 0.192. The second kappa shape index (κ2) is 9.27. The molecule has 1 aliphatic carbocycles. The number of hydrogen-bond donors (Lipinski definition) is 2. The number of para-hydroxylation sites is 1. The lowest BCUT2D eigenvalue weighted by Crippen LogP contribution is -2.25. The van der Waals surface area contributed by atoms with Crippen LogP contribution in [0.25, 0.3) is 10.9 Å². The largest absolute Gasteiger partial charge is 0.457 e. The number of nitrogens with zero attached hydrogens (tertiary/aromatic N) is 3. The van der Waals surface area contributed by atoms with Crippen molar-refractivity contribution in [3.63, 3.8) is 0 Å². The van der Waals surface area contributed by atoms with Crippen LogP contribution in [-0.4, -0.2) is 32.8 Å². The van der Waals surface area contributed by atoms with Crippen LogP contribution in [0.2, 0.25) is 0 Å². The van der Waals surface area contributed by atoms with Crippen LogP contribution in [0.3, 0.4) is 0 Å². The van der Waals surface area contributed by atoms with Crippen molar-refractivity contribution in [1.82, 2.24) is 20.3 Å². The molecule has 0 bridgehead atoms. The van der Waals surface area contributed by atoms with Gasteiger partial charge in [-0.3, -0.25) is 9.59 Å². The van der Waals surface area contributed by atoms with Gasteiger partial charge in [-0.05, 0) is 49.6 Å². The third kappa shape index (κ3) is 5.01. The van der Waals surface area contributed by atoms with Gasteiger partial charge in [0.05, 0.1) is 16.8 Å². The first-order valence-electron chi connectivity index (χ1n) is 11.1. The van der Waals surface area contributed by atoms with Gasteiger partial charge in [0.15, 0.2) is 0 Å². The van der Waals surface area contributed by atoms with Crippen LogP contribution in [-0.2, 0) is 6.61 Å². The smallest absolute Gasteiger partial charge is 0.316 e. The normalized spacial score (nSPS) is 12.9. The number of fused-ring (bicyclic) bond motifs is 1. The lowest BCUT2D eigenvalue weighted by Gasteiger charge is -2.11. The van der Waals surface area contributed by atoms with Gasteiger partial charge in [0, 0.05) is 35.1 Å². The molecule has 2 aromatic carbocycles. The van der Waals surface area contributed by atoms with E-state index in [-0.39, 0.29) is 36.0 Å². The van der Waals surface area contributed by atoms with E-state index in [4.69, 9.17) is 4.74 Å². The van der Waals surface area contributed by atoms with E-state index in [1.165, 1.54) is 12.4 Å². The topological polar surface area (TPSA) is 106 Å². The van der Waals surface area contributed by atoms with Gasteiger partial charge in [0.25, 0.3) is 11.8 Å². The molecule has 0 aliphatic heterocycles. The Bertz CT molecular complexity index is 1370. The molecular formula is C26H23N5O3. The molecule has 8 nitrogen and oxygen atoms in total. The second-order valence-electron chi connectivity index (χ2n) is 8.27. The van der Waals surface area contributed by atoms with Crippen molar-refractivity contribution < 1.29 is 14.3 Å². The van der Waals surface area contributed by atoms with Crippen LogP contribution >= 0.6 is 0 Å². The molecular weight excluding hydrogens is 430 g/mol. The Kier molecular flexibility index (Phi) is 5.86. The molecule has 4 aromatic rings. The maximum Gasteiger partial charge on any atom is 0.316 e. The number of amides is 2. The Morgan fingerprint density at radius 1 is 0.971 bits per heavy atom. The average Bonchev–Trinajstić information content (AvgIpc) is 3.68. The summed E-state index contributed by atoms with van der Waals surface area (Å²) in [6, 6.07) is 17.4. The summed E-state index contributed by atoms with van der Waals surface area (Å²) in [7, 11) is 0. The zero-order valence-electron chi connectivity index (χ0n) is 18.6. The Labute approximate surface area is 196 Å². The van der Waals surface area contributed by atoms with Gasteiger partial charge in [-0.25, -0.2) is 15.0 Å². The molecule has 0 spiro atoms. The van der Waals surface area contributed by atoms with E-state index in [1.54, 1.807) is 12.1 Å². The quantitative estimate of drug-likeness (QED) is 0.437. The van der Waals surface area contributed by atoms with Gasteiger partial charge in [-0.15, -0.1) is 0 Å². The van der Waals surface area contributed by atoms with Gasteiger partial charge in [0.1, 0.15) is 6.61 Å². The van der Waals surface area contributed by atoms with Crippen molar-refractivity contribution in [2.75, 3.05) is 5.32 Å². The van der Waals surface area contributed by atoms with Crippen molar-refractivity contribution in [2.24, 2.45) is 0 Å². The van der Waals surface area contributed by atoms with Crippen LogP contribution in [0.1, 0.15) is 44.8 Å². The number of anilines is 1. The molecule has 2 N–H and O–H groups in total. The van der Waals surface area contributed by atoms with Crippen LogP contribution in [0.4, 0.5) is 5.69 Å². The number of pyridine rings is 1. The van der Waals surface area contributed by atoms with Crippen molar-refractivity contribution >= 4 is 28.4 Å². The van der Waals surface area contributed by atoms with E-state index >= 15 is 0 Å². The maximum atomic E-state index is 12.7. The summed E-state index contributed by atoms with van der Waals surface area (Å²) < 4.78 is 5.63. The number of aromatic nitrogens is 3. The summed E-state index contributed by atoms with van der Waals surface area (Å²) in [6.07, 6.45) is 4.84. The van der Waals surface area contributed by atoms with E-state index in [9.17, 15) is 9.59 Å². The number of ether oxygens (including phenoxy) is 1. The highest BCUT2D eigenvalue weighted by Crippen LogP contribution is 2.22. The predicted octanol–water partition coefficient (Wildman–Crippen LogP) is 4.06. The molecule has 5 rings (SSSR count). The number of hydrogen-bond acceptors (Lipinski definition) is 6. The highest BCUT2D eigenvalue weighted by Gasteiger charge is 2.24. The van der Waals surface area contributed by atoms with Gasteiger partial charge in [0.2, 0.25) is 0 Å². The number of benzene rings is 2. The molecule has 0 saturated heterocycles. The Hall–Kier alpha value is -4.33. The molecule has 2 heterocycles. The number of nitrogens with one attached hydrogen (secondary N) is 2. The minimum absolute atomic E-state index is 0.135. The monoisotopic (exact) mass is 453 g/mol. The Balaban J connectivity index is 1.21. The first-order valence-corrected chi connectivity index (χ1v) is 11.1. The number of carbonyl (C=O) groups excluding carboxylic acids is 2. The van der Waals surface area contributed by atoms with Crippen molar-refractivity contribution in [3.05, 3.63) is 89.4 Å². The number of carbonyl (C=O) groups is 2. The fourth-order valence-corrected chi connectivity index (χ4v) is 3.42. The lowest BCUT2D eigenvalue weighted by atomic mass is 10.1. The third-order valence-electron chi connectivity index (χ3n) is 5.56. The molecule has 1 saturated carbocycles. The Morgan fingerprint density at radius 3 is 2.56 bits per heavy atom. The summed E-state index contributed by atoms with van der Waals surface area (Å²) in [4.78, 5) is 37.9. The summed E-state index contributed by atoms with van der Waals surface area (Å²) in [5.41, 5.74) is 3.85. The predicted molar refractivity (Wildman–Crippen MR) is 128 cm³/mol. The van der Waals surface area contributed by atoms with Gasteiger partial charge in [-0.2, -0.15) is 0 Å². The number of aryl methyl sites for hydroxylation is 1. The summed E-state index contributed by atoms with van der Waals surface area (Å²) in [5.74, 6) is -0.505. The van der Waals surface area contributed by atoms with Crippen molar-refractivity contribution in [3.8, 4) is 6.01 Å². The second-order valence-corrected chi connectivity index (χ2v) is 8.27. The minimum Gasteiger partial charge on any atom is -0.457 e. The molecule has 0 radical (unpaired) electrons. The van der Waals surface area contributed by atoms with Crippen LogP contribution in [0, 0.1) is 6.92 Å². The maximum absolute atomic E-state index is 12.7. The molecule has 1 fully saturated rings. The van der Waals surface area contributed by atoms with Crippen molar-refractivity contribution in [1.29, 1.82) is 0 Å². The molecule has 170 valence electrons. The van der Waals surface area contributed by atoms with E-state index in [2.05, 4.69) is 25.6 Å². The molecule has 0 atom stereocenters. The Morgan fingerprint density at radius 2 is 1.76 bits per heavy atom. The first kappa shape index (κ1) is 21.5. The lowest BCUT2D eigenvalue weighted by molar-refractivity contribution is 0.0949. The molecule has 2 aromatic heterocycles. The zero-order chi connectivity index (χ0) is 23.5. The van der Waals surface area contributed by atoms with E-state index in [0.29, 0.717) is 11.3 Å². The number of rotatable bonds is 7. The van der Waals surface area contributed by atoms with Crippen LogP contribution in [0.15, 0.2) is 67.0 Å². The SMILES string of the molecule is Cc1ccc(C(=O)NC2CC2)cc1NC(=O)c1cnc(OCc2ccc3ccccc3n2)nc1. The average molecular weight is 454 g/mol. The zero-order valence-corrected chi connectivity index (χ0v) is 18.6. The van der Waals surface area contributed by atoms with Crippen molar-refractivity contribution in [2.45, 2.75) is 32.4 Å². The summed E-state index contributed by atoms with van der Waals surface area (Å²) in [6.45, 7) is 2.08. The molecule has 34 heavy (non-hydrogen) atoms. The van der Waals surface area contributed by atoms with E-state index < -0.39 is 0 Å². The van der Waals surface area contributed by atoms with E-state index in [0.717, 1.165) is 35.0 Å².